The van der Waals surface area contributed by atoms with Gasteiger partial charge in [-0.15, -0.1) is 34.0 Å². The van der Waals surface area contributed by atoms with Gasteiger partial charge in [0, 0.05) is 36.5 Å². The predicted molar refractivity (Wildman–Crippen MR) is 201 cm³/mol. The quantitative estimate of drug-likeness (QED) is 0.103. The Balaban J connectivity index is 1.47. The molecule has 5 aromatic heterocycles. The summed E-state index contributed by atoms with van der Waals surface area (Å²) in [4.78, 5) is 17.3. The summed E-state index contributed by atoms with van der Waals surface area (Å²) in [5.41, 5.74) is 9.40. The Morgan fingerprint density at radius 1 is 0.556 bits per heavy atom. The molecule has 0 aliphatic carbocycles. The Morgan fingerprint density at radius 2 is 1.16 bits per heavy atom. The monoisotopic (exact) mass is 650 g/mol. The van der Waals surface area contributed by atoms with Crippen molar-refractivity contribution in [2.75, 3.05) is 0 Å². The van der Waals surface area contributed by atoms with Crippen LogP contribution >= 0.6 is 34.0 Å². The number of nitrogens with zero attached hydrogens (tertiary/aromatic N) is 2. The summed E-state index contributed by atoms with van der Waals surface area (Å²) in [5.74, 6) is 0. The van der Waals surface area contributed by atoms with Crippen LogP contribution in [0.25, 0.3) is 51.9 Å². The summed E-state index contributed by atoms with van der Waals surface area (Å²) in [5, 5.41) is 4.75. The summed E-state index contributed by atoms with van der Waals surface area (Å²) in [7, 11) is 0. The van der Waals surface area contributed by atoms with E-state index >= 15 is 0 Å². The zero-order valence-corrected chi connectivity index (χ0v) is 29.8. The smallest absolute Gasteiger partial charge is 0.0972 e. The Morgan fingerprint density at radius 3 is 1.87 bits per heavy atom. The van der Waals surface area contributed by atoms with Crippen molar-refractivity contribution in [3.63, 3.8) is 0 Å². The largest absolute Gasteiger partial charge is 0.254 e. The van der Waals surface area contributed by atoms with E-state index in [4.69, 9.17) is 9.97 Å². The van der Waals surface area contributed by atoms with Gasteiger partial charge >= 0.3 is 0 Å². The highest BCUT2D eigenvalue weighted by Gasteiger charge is 2.23. The van der Waals surface area contributed by atoms with Crippen molar-refractivity contribution in [1.29, 1.82) is 0 Å². The van der Waals surface area contributed by atoms with Crippen molar-refractivity contribution >= 4 is 55.8 Å². The first-order valence-corrected chi connectivity index (χ1v) is 19.7. The first-order valence-electron chi connectivity index (χ1n) is 17.2. The molecule has 5 heteroatoms. The average Bonchev–Trinajstić information content (AvgIpc) is 3.81. The summed E-state index contributed by atoms with van der Waals surface area (Å²) in [6.07, 6.45) is 16.4. The van der Waals surface area contributed by atoms with Crippen LogP contribution in [-0.4, -0.2) is 9.97 Å². The summed E-state index contributed by atoms with van der Waals surface area (Å²) in [6.45, 7) is 9.24. The molecule has 0 saturated carbocycles. The molecular formula is C40H46N2S3. The first kappa shape index (κ1) is 32.1. The molecule has 0 fully saturated rings. The lowest BCUT2D eigenvalue weighted by Crippen LogP contribution is -1.95. The van der Waals surface area contributed by atoms with Crippen molar-refractivity contribution in [3.8, 4) is 30.1 Å². The summed E-state index contributed by atoms with van der Waals surface area (Å²) >= 11 is 5.96. The Kier molecular flexibility index (Phi) is 10.8. The number of rotatable bonds is 15. The lowest BCUT2D eigenvalue weighted by molar-refractivity contribution is 0.763. The number of pyridine rings is 2. The maximum absolute atomic E-state index is 5.34. The van der Waals surface area contributed by atoms with E-state index in [1.807, 2.05) is 46.3 Å². The Bertz CT molecular complexity index is 1870. The number of thiophene rings is 3. The van der Waals surface area contributed by atoms with Crippen LogP contribution in [0.2, 0.25) is 0 Å². The maximum Gasteiger partial charge on any atom is 0.0972 e. The molecule has 0 radical (unpaired) electrons. The molecule has 0 spiro atoms. The number of aryl methyl sites for hydroxylation is 1. The molecule has 6 aromatic rings. The number of hydrogen-bond acceptors (Lipinski definition) is 5. The van der Waals surface area contributed by atoms with Crippen molar-refractivity contribution in [3.05, 3.63) is 82.4 Å². The number of unbranched alkanes of at least 4 members (excludes halogenated alkanes) is 4. The third kappa shape index (κ3) is 6.82. The molecule has 234 valence electrons. The van der Waals surface area contributed by atoms with Crippen LogP contribution < -0.4 is 0 Å². The van der Waals surface area contributed by atoms with Gasteiger partial charge in [-0.2, -0.15) is 0 Å². The average molecular weight is 651 g/mol. The van der Waals surface area contributed by atoms with E-state index in [1.165, 1.54) is 94.2 Å². The number of hydrogen-bond donors (Lipinski definition) is 0. The van der Waals surface area contributed by atoms with Gasteiger partial charge in [-0.3, -0.25) is 4.98 Å². The molecule has 0 saturated heterocycles. The fourth-order valence-corrected chi connectivity index (χ4v) is 10.2. The van der Waals surface area contributed by atoms with Crippen molar-refractivity contribution in [1.82, 2.24) is 9.97 Å². The molecule has 1 aromatic carbocycles. The molecular weight excluding hydrogens is 605 g/mol. The van der Waals surface area contributed by atoms with Gasteiger partial charge < -0.3 is 0 Å². The first-order chi connectivity index (χ1) is 22.2. The lowest BCUT2D eigenvalue weighted by atomic mass is 9.96. The van der Waals surface area contributed by atoms with E-state index < -0.39 is 0 Å². The number of fused-ring (bicyclic) bond motifs is 3. The van der Waals surface area contributed by atoms with E-state index in [2.05, 4.69) is 75.5 Å². The second-order valence-electron chi connectivity index (χ2n) is 12.3. The van der Waals surface area contributed by atoms with E-state index in [-0.39, 0.29) is 0 Å². The van der Waals surface area contributed by atoms with Gasteiger partial charge in [0.2, 0.25) is 0 Å². The highest BCUT2D eigenvalue weighted by molar-refractivity contribution is 7.27. The standard InChI is InChI=1S/C40H46N2S3/c1-5-9-14-29-26-43-39(30(29)16-10-6-2)34-23-24-35(44-34)40-32(18-12-8-4)31(17-11-7-3)38(45-40)33-22-21-28-20-19-27-15-13-25-41-36(27)37(28)42-33/h13,15,19-26H,5-12,14,16-18H2,1-4H3. The van der Waals surface area contributed by atoms with Crippen molar-refractivity contribution < 1.29 is 0 Å². The predicted octanol–water partition coefficient (Wildman–Crippen LogP) is 13.3. The fraction of sp³-hybridized carbons (Fsp3) is 0.400. The fourth-order valence-electron chi connectivity index (χ4n) is 6.40. The highest BCUT2D eigenvalue weighted by atomic mass is 32.1. The molecule has 2 nitrogen and oxygen atoms in total. The maximum atomic E-state index is 5.34. The van der Waals surface area contributed by atoms with Crippen LogP contribution in [0.5, 0.6) is 0 Å². The van der Waals surface area contributed by atoms with Crippen LogP contribution in [0, 0.1) is 0 Å². The summed E-state index contributed by atoms with van der Waals surface area (Å²) < 4.78 is 0. The molecule has 0 bridgehead atoms. The van der Waals surface area contributed by atoms with Gasteiger partial charge in [-0.25, -0.2) is 4.98 Å². The molecule has 5 heterocycles. The molecule has 0 N–H and O–H groups in total. The molecule has 0 aliphatic heterocycles. The SMILES string of the molecule is CCCCc1csc(-c2ccc(-c3sc(-c4ccc5ccc6cccnc6c5n4)c(CCCC)c3CCCC)s2)c1CCCC. The van der Waals surface area contributed by atoms with Crippen LogP contribution in [-0.2, 0) is 25.7 Å². The van der Waals surface area contributed by atoms with Gasteiger partial charge in [0.15, 0.2) is 0 Å². The minimum atomic E-state index is 0.992. The number of benzene rings is 1. The van der Waals surface area contributed by atoms with E-state index in [0.717, 1.165) is 40.3 Å². The topological polar surface area (TPSA) is 25.8 Å². The Hall–Kier alpha value is -2.86. The molecule has 0 aliphatic rings. The zero-order valence-electron chi connectivity index (χ0n) is 27.4. The van der Waals surface area contributed by atoms with E-state index in [9.17, 15) is 0 Å². The van der Waals surface area contributed by atoms with Crippen LogP contribution in [0.15, 0.2) is 60.1 Å². The Labute approximate surface area is 281 Å². The molecule has 0 atom stereocenters. The molecule has 45 heavy (non-hydrogen) atoms. The van der Waals surface area contributed by atoms with Crippen LogP contribution in [0.1, 0.15) is 101 Å². The van der Waals surface area contributed by atoms with Crippen molar-refractivity contribution in [2.24, 2.45) is 0 Å². The third-order valence-corrected chi connectivity index (χ3v) is 12.8. The second-order valence-corrected chi connectivity index (χ2v) is 15.3. The second kappa shape index (κ2) is 15.2. The number of aromatic nitrogens is 2. The minimum Gasteiger partial charge on any atom is -0.254 e. The van der Waals surface area contributed by atoms with Gasteiger partial charge in [0.25, 0.3) is 0 Å². The normalized spacial score (nSPS) is 11.7. The van der Waals surface area contributed by atoms with Crippen LogP contribution in [0.4, 0.5) is 0 Å². The van der Waals surface area contributed by atoms with Gasteiger partial charge in [0.05, 0.1) is 21.6 Å². The van der Waals surface area contributed by atoms with Gasteiger partial charge in [0.1, 0.15) is 0 Å². The zero-order chi connectivity index (χ0) is 31.2. The third-order valence-electron chi connectivity index (χ3n) is 8.96. The molecule has 0 unspecified atom stereocenters. The highest BCUT2D eigenvalue weighted by Crippen LogP contribution is 2.48. The summed E-state index contributed by atoms with van der Waals surface area (Å²) in [6, 6.07) is 17.8. The van der Waals surface area contributed by atoms with Crippen molar-refractivity contribution in [2.45, 2.75) is 105 Å². The van der Waals surface area contributed by atoms with Gasteiger partial charge in [-0.05, 0) is 103 Å². The van der Waals surface area contributed by atoms with Crippen LogP contribution in [0.3, 0.4) is 0 Å². The van der Waals surface area contributed by atoms with E-state index in [1.54, 1.807) is 16.7 Å². The lowest BCUT2D eigenvalue weighted by Gasteiger charge is -2.09. The van der Waals surface area contributed by atoms with Gasteiger partial charge in [-0.1, -0.05) is 77.6 Å². The molecule has 0 amide bonds. The molecule has 6 rings (SSSR count). The van der Waals surface area contributed by atoms with E-state index in [0.29, 0.717) is 0 Å². The minimum absolute atomic E-state index is 0.992.